The third-order valence-electron chi connectivity index (χ3n) is 3.50. The monoisotopic (exact) mass is 268 g/mol. The van der Waals surface area contributed by atoms with Crippen LogP contribution in [0.2, 0.25) is 0 Å². The van der Waals surface area contributed by atoms with Crippen LogP contribution in [-0.2, 0) is 13.0 Å². The minimum Gasteiger partial charge on any atom is -0.345 e. The molecule has 0 bridgehead atoms. The molecule has 0 atom stereocenters. The van der Waals surface area contributed by atoms with Crippen LogP contribution < -0.4 is 10.6 Å². The Morgan fingerprint density at radius 2 is 1.65 bits per heavy atom. The molecule has 0 unspecified atom stereocenters. The summed E-state index contributed by atoms with van der Waals surface area (Å²) in [6.45, 7) is 5.08. The number of anilines is 2. The maximum absolute atomic E-state index is 5.71. The summed E-state index contributed by atoms with van der Waals surface area (Å²) in [7, 11) is 2.09. The van der Waals surface area contributed by atoms with Crippen LogP contribution in [0.5, 0.6) is 0 Å². The van der Waals surface area contributed by atoms with Crippen LogP contribution >= 0.6 is 0 Å². The van der Waals surface area contributed by atoms with Crippen LogP contribution in [0.15, 0.2) is 48.5 Å². The van der Waals surface area contributed by atoms with Crippen LogP contribution in [0.3, 0.4) is 0 Å². The standard InChI is InChI=1S/C18H24N2/c1-14(2)11-15-7-9-17(10-8-15)20(3)18-6-4-5-16(12-18)13-19/h4-10,12,14H,11,13,19H2,1-3H3. The van der Waals surface area contributed by atoms with Crippen molar-refractivity contribution in [2.75, 3.05) is 11.9 Å². The van der Waals surface area contributed by atoms with Gasteiger partial charge in [0.1, 0.15) is 0 Å². The molecular weight excluding hydrogens is 244 g/mol. The molecule has 2 rings (SSSR count). The first kappa shape index (κ1) is 14.6. The van der Waals surface area contributed by atoms with Gasteiger partial charge in [-0.15, -0.1) is 0 Å². The highest BCUT2D eigenvalue weighted by Crippen LogP contribution is 2.25. The molecule has 2 aromatic rings. The van der Waals surface area contributed by atoms with Crippen LogP contribution in [0.25, 0.3) is 0 Å². The zero-order valence-electron chi connectivity index (χ0n) is 12.6. The van der Waals surface area contributed by atoms with E-state index in [9.17, 15) is 0 Å². The number of nitrogens with two attached hydrogens (primary N) is 1. The van der Waals surface area contributed by atoms with Gasteiger partial charge in [0.05, 0.1) is 0 Å². The van der Waals surface area contributed by atoms with E-state index < -0.39 is 0 Å². The van der Waals surface area contributed by atoms with Gasteiger partial charge in [-0.3, -0.25) is 0 Å². The lowest BCUT2D eigenvalue weighted by molar-refractivity contribution is 0.647. The second-order valence-electron chi connectivity index (χ2n) is 5.70. The smallest absolute Gasteiger partial charge is 0.0411 e. The second-order valence-corrected chi connectivity index (χ2v) is 5.70. The molecule has 2 nitrogen and oxygen atoms in total. The summed E-state index contributed by atoms with van der Waals surface area (Å²) < 4.78 is 0. The maximum atomic E-state index is 5.71. The summed E-state index contributed by atoms with van der Waals surface area (Å²) in [4.78, 5) is 2.19. The summed E-state index contributed by atoms with van der Waals surface area (Å²) in [6, 6.07) is 17.2. The van der Waals surface area contributed by atoms with E-state index in [1.165, 1.54) is 16.9 Å². The highest BCUT2D eigenvalue weighted by molar-refractivity contribution is 5.63. The molecule has 2 N–H and O–H groups in total. The van der Waals surface area contributed by atoms with Gasteiger partial charge in [0, 0.05) is 25.0 Å². The lowest BCUT2D eigenvalue weighted by atomic mass is 10.0. The van der Waals surface area contributed by atoms with Gasteiger partial charge in [-0.25, -0.2) is 0 Å². The second kappa shape index (κ2) is 6.58. The van der Waals surface area contributed by atoms with Crippen LogP contribution in [0, 0.1) is 5.92 Å². The van der Waals surface area contributed by atoms with E-state index in [-0.39, 0.29) is 0 Å². The van der Waals surface area contributed by atoms with Gasteiger partial charge in [0.15, 0.2) is 0 Å². The normalized spacial score (nSPS) is 10.8. The lowest BCUT2D eigenvalue weighted by Gasteiger charge is -2.20. The van der Waals surface area contributed by atoms with Gasteiger partial charge in [0.25, 0.3) is 0 Å². The summed E-state index contributed by atoms with van der Waals surface area (Å²) in [6.07, 6.45) is 1.13. The molecule has 0 aliphatic carbocycles. The molecule has 0 aliphatic heterocycles. The highest BCUT2D eigenvalue weighted by Gasteiger charge is 2.05. The molecule has 2 aromatic carbocycles. The minimum absolute atomic E-state index is 0.578. The van der Waals surface area contributed by atoms with Crippen molar-refractivity contribution < 1.29 is 0 Å². The van der Waals surface area contributed by atoms with Gasteiger partial charge in [0.2, 0.25) is 0 Å². The Morgan fingerprint density at radius 3 is 2.25 bits per heavy atom. The predicted molar refractivity (Wildman–Crippen MR) is 87.4 cm³/mol. The Labute approximate surface area is 122 Å². The first-order valence-corrected chi connectivity index (χ1v) is 7.22. The fourth-order valence-electron chi connectivity index (χ4n) is 2.37. The van der Waals surface area contributed by atoms with E-state index >= 15 is 0 Å². The topological polar surface area (TPSA) is 29.3 Å². The molecule has 106 valence electrons. The molecule has 20 heavy (non-hydrogen) atoms. The van der Waals surface area contributed by atoms with Gasteiger partial charge < -0.3 is 10.6 Å². The molecule has 0 amide bonds. The summed E-state index contributed by atoms with van der Waals surface area (Å²) in [5.74, 6) is 0.694. The lowest BCUT2D eigenvalue weighted by Crippen LogP contribution is -2.10. The molecule has 0 heterocycles. The van der Waals surface area contributed by atoms with Crippen molar-refractivity contribution in [3.63, 3.8) is 0 Å². The third-order valence-corrected chi connectivity index (χ3v) is 3.50. The highest BCUT2D eigenvalue weighted by atomic mass is 15.1. The number of benzene rings is 2. The van der Waals surface area contributed by atoms with E-state index in [4.69, 9.17) is 5.73 Å². The van der Waals surface area contributed by atoms with Crippen molar-refractivity contribution in [1.82, 2.24) is 0 Å². The van der Waals surface area contributed by atoms with Crippen LogP contribution in [0.4, 0.5) is 11.4 Å². The summed E-state index contributed by atoms with van der Waals surface area (Å²) >= 11 is 0. The Morgan fingerprint density at radius 1 is 0.950 bits per heavy atom. The Bertz CT molecular complexity index is 544. The van der Waals surface area contributed by atoms with Gasteiger partial charge >= 0.3 is 0 Å². The van der Waals surface area contributed by atoms with Crippen LogP contribution in [0.1, 0.15) is 25.0 Å². The molecule has 0 fully saturated rings. The fourth-order valence-corrected chi connectivity index (χ4v) is 2.37. The maximum Gasteiger partial charge on any atom is 0.0411 e. The Kier molecular flexibility index (Phi) is 4.80. The molecule has 0 saturated heterocycles. The molecule has 0 saturated carbocycles. The number of hydrogen-bond acceptors (Lipinski definition) is 2. The molecule has 0 spiro atoms. The first-order valence-electron chi connectivity index (χ1n) is 7.22. The molecule has 0 aromatic heterocycles. The predicted octanol–water partition coefficient (Wildman–Crippen LogP) is 4.11. The van der Waals surface area contributed by atoms with Crippen molar-refractivity contribution in [2.45, 2.75) is 26.8 Å². The van der Waals surface area contributed by atoms with Crippen molar-refractivity contribution in [3.05, 3.63) is 59.7 Å². The van der Waals surface area contributed by atoms with Gasteiger partial charge in [-0.2, -0.15) is 0 Å². The van der Waals surface area contributed by atoms with Crippen LogP contribution in [-0.4, -0.2) is 7.05 Å². The quantitative estimate of drug-likeness (QED) is 0.884. The van der Waals surface area contributed by atoms with Gasteiger partial charge in [-0.1, -0.05) is 38.1 Å². The average Bonchev–Trinajstić information content (AvgIpc) is 2.47. The molecule has 0 radical (unpaired) electrons. The Hall–Kier alpha value is -1.80. The van der Waals surface area contributed by atoms with E-state index in [0.29, 0.717) is 12.5 Å². The van der Waals surface area contributed by atoms with E-state index in [1.807, 2.05) is 0 Å². The van der Waals surface area contributed by atoms with Crippen molar-refractivity contribution in [2.24, 2.45) is 11.7 Å². The number of nitrogens with zero attached hydrogens (tertiary/aromatic N) is 1. The largest absolute Gasteiger partial charge is 0.345 e. The molecule has 0 aliphatic rings. The van der Waals surface area contributed by atoms with Crippen molar-refractivity contribution >= 4 is 11.4 Å². The molecular formula is C18H24N2. The summed E-state index contributed by atoms with van der Waals surface area (Å²) in [5, 5.41) is 0. The fraction of sp³-hybridized carbons (Fsp3) is 0.333. The zero-order chi connectivity index (χ0) is 14.5. The van der Waals surface area contributed by atoms with Crippen molar-refractivity contribution in [3.8, 4) is 0 Å². The molecule has 2 heteroatoms. The summed E-state index contributed by atoms with van der Waals surface area (Å²) in [5.41, 5.74) is 10.6. The van der Waals surface area contributed by atoms with E-state index in [2.05, 4.69) is 74.3 Å². The van der Waals surface area contributed by atoms with Gasteiger partial charge in [-0.05, 0) is 47.7 Å². The number of rotatable bonds is 5. The third kappa shape index (κ3) is 3.61. The number of hydrogen-bond donors (Lipinski definition) is 1. The first-order chi connectivity index (χ1) is 9.60. The van der Waals surface area contributed by atoms with E-state index in [0.717, 1.165) is 12.0 Å². The minimum atomic E-state index is 0.578. The zero-order valence-corrected chi connectivity index (χ0v) is 12.6. The SMILES string of the molecule is CC(C)Cc1ccc(N(C)c2cccc(CN)c2)cc1. The van der Waals surface area contributed by atoms with E-state index in [1.54, 1.807) is 0 Å². The average molecular weight is 268 g/mol. The van der Waals surface area contributed by atoms with Crippen molar-refractivity contribution in [1.29, 1.82) is 0 Å². The Balaban J connectivity index is 2.17.